The van der Waals surface area contributed by atoms with Crippen LogP contribution in [0.15, 0.2) is 42.5 Å². The van der Waals surface area contributed by atoms with Crippen LogP contribution in [0.4, 0.5) is 5.69 Å². The van der Waals surface area contributed by atoms with E-state index in [1.54, 1.807) is 39.5 Å². The summed E-state index contributed by atoms with van der Waals surface area (Å²) in [6.07, 6.45) is 0. The van der Waals surface area contributed by atoms with E-state index in [-0.39, 0.29) is 5.91 Å². The largest absolute Gasteiger partial charge is 0.497 e. The van der Waals surface area contributed by atoms with Crippen molar-refractivity contribution in [3.63, 3.8) is 0 Å². The number of amides is 1. The Morgan fingerprint density at radius 1 is 0.963 bits per heavy atom. The van der Waals surface area contributed by atoms with Crippen LogP contribution >= 0.6 is 0 Å². The molecule has 0 heterocycles. The number of methoxy groups -OCH3 is 3. The molecule has 0 aromatic heterocycles. The second-order valence-corrected chi connectivity index (χ2v) is 6.52. The summed E-state index contributed by atoms with van der Waals surface area (Å²) in [5.74, 6) is 1.72. The minimum absolute atomic E-state index is 0.135. The topological polar surface area (TPSA) is 66.0 Å². The lowest BCUT2D eigenvalue weighted by Crippen LogP contribution is -2.34. The molecular weight excluding hydrogens is 346 g/mol. The molecule has 0 bridgehead atoms. The van der Waals surface area contributed by atoms with Gasteiger partial charge >= 0.3 is 0 Å². The number of rotatable bonds is 9. The number of ether oxygens (including phenoxy) is 4. The van der Waals surface area contributed by atoms with Gasteiger partial charge in [0.25, 0.3) is 0 Å². The van der Waals surface area contributed by atoms with Gasteiger partial charge in [0.1, 0.15) is 12.4 Å². The molecule has 0 saturated heterocycles. The van der Waals surface area contributed by atoms with Crippen LogP contribution in [0, 0.1) is 0 Å². The first-order valence-corrected chi connectivity index (χ1v) is 8.68. The number of carbonyl (C=O) groups excluding carboxylic acids is 1. The average molecular weight is 373 g/mol. The fourth-order valence-corrected chi connectivity index (χ4v) is 2.53. The first-order valence-electron chi connectivity index (χ1n) is 8.68. The molecule has 2 aromatic rings. The van der Waals surface area contributed by atoms with Gasteiger partial charge in [0.15, 0.2) is 11.5 Å². The quantitative estimate of drug-likeness (QED) is 0.680. The molecule has 0 atom stereocenters. The van der Waals surface area contributed by atoms with E-state index in [0.717, 1.165) is 5.56 Å². The molecule has 0 fully saturated rings. The number of anilines is 1. The zero-order valence-corrected chi connectivity index (χ0v) is 16.5. The molecule has 0 aliphatic carbocycles. The highest BCUT2D eigenvalue weighted by atomic mass is 16.5. The second-order valence-electron chi connectivity index (χ2n) is 6.52. The molecule has 27 heavy (non-hydrogen) atoms. The zero-order chi connectivity index (χ0) is 19.9. The maximum absolute atomic E-state index is 12.9. The molecule has 6 nitrogen and oxygen atoms in total. The Morgan fingerprint density at radius 2 is 1.74 bits per heavy atom. The molecule has 2 rings (SSSR count). The molecular formula is C21H27NO5. The van der Waals surface area contributed by atoms with Crippen LogP contribution in [0.5, 0.6) is 17.2 Å². The van der Waals surface area contributed by atoms with Crippen LogP contribution in [-0.2, 0) is 14.9 Å². The Kier molecular flexibility index (Phi) is 7.07. The highest BCUT2D eigenvalue weighted by Crippen LogP contribution is 2.32. The van der Waals surface area contributed by atoms with Crippen molar-refractivity contribution < 1.29 is 23.7 Å². The monoisotopic (exact) mass is 373 g/mol. The molecule has 146 valence electrons. The van der Waals surface area contributed by atoms with Gasteiger partial charge in [0.2, 0.25) is 5.91 Å². The van der Waals surface area contributed by atoms with Crippen molar-refractivity contribution in [1.29, 1.82) is 0 Å². The summed E-state index contributed by atoms with van der Waals surface area (Å²) in [6, 6.07) is 12.8. The van der Waals surface area contributed by atoms with Gasteiger partial charge < -0.3 is 24.3 Å². The fraction of sp³-hybridized carbons (Fsp3) is 0.381. The van der Waals surface area contributed by atoms with E-state index in [4.69, 9.17) is 18.9 Å². The highest BCUT2D eigenvalue weighted by Gasteiger charge is 2.30. The minimum Gasteiger partial charge on any atom is -0.497 e. The zero-order valence-electron chi connectivity index (χ0n) is 16.5. The molecule has 0 unspecified atom stereocenters. The average Bonchev–Trinajstić information content (AvgIpc) is 2.68. The van der Waals surface area contributed by atoms with Gasteiger partial charge in [0, 0.05) is 18.9 Å². The SMILES string of the molecule is COCCOc1cc(NC(=O)C(C)(C)c2cccc(OC)c2)ccc1OC. The lowest BCUT2D eigenvalue weighted by molar-refractivity contribution is -0.120. The van der Waals surface area contributed by atoms with Crippen LogP contribution in [0.3, 0.4) is 0 Å². The van der Waals surface area contributed by atoms with Crippen LogP contribution in [0.25, 0.3) is 0 Å². The molecule has 0 radical (unpaired) electrons. The summed E-state index contributed by atoms with van der Waals surface area (Å²) >= 11 is 0. The lowest BCUT2D eigenvalue weighted by atomic mass is 9.83. The second kappa shape index (κ2) is 9.28. The molecule has 6 heteroatoms. The van der Waals surface area contributed by atoms with Gasteiger partial charge in [-0.1, -0.05) is 12.1 Å². The van der Waals surface area contributed by atoms with Crippen LogP contribution < -0.4 is 19.5 Å². The van der Waals surface area contributed by atoms with Crippen LogP contribution in [0.1, 0.15) is 19.4 Å². The first kappa shape index (κ1) is 20.6. The molecule has 0 aliphatic rings. The predicted octanol–water partition coefficient (Wildman–Crippen LogP) is 3.65. The van der Waals surface area contributed by atoms with E-state index in [9.17, 15) is 4.79 Å². The highest BCUT2D eigenvalue weighted by molar-refractivity contribution is 5.98. The van der Waals surface area contributed by atoms with Crippen molar-refractivity contribution in [2.75, 3.05) is 39.9 Å². The van der Waals surface area contributed by atoms with Gasteiger partial charge in [0.05, 0.1) is 26.2 Å². The van der Waals surface area contributed by atoms with Crippen molar-refractivity contribution >= 4 is 11.6 Å². The summed E-state index contributed by atoms with van der Waals surface area (Å²) in [7, 11) is 4.79. The molecule has 0 aliphatic heterocycles. The standard InChI is InChI=1S/C21H27NO5/c1-21(2,15-7-6-8-17(13-15)25-4)20(23)22-16-9-10-18(26-5)19(14-16)27-12-11-24-3/h6-10,13-14H,11-12H2,1-5H3,(H,22,23). The summed E-state index contributed by atoms with van der Waals surface area (Å²) < 4.78 is 21.2. The Balaban J connectivity index is 2.19. The Morgan fingerprint density at radius 3 is 2.41 bits per heavy atom. The van der Waals surface area contributed by atoms with Crippen LogP contribution in [-0.4, -0.2) is 40.5 Å². The fourth-order valence-electron chi connectivity index (χ4n) is 2.53. The maximum atomic E-state index is 12.9. The van der Waals surface area contributed by atoms with Crippen molar-refractivity contribution in [2.45, 2.75) is 19.3 Å². The summed E-state index contributed by atoms with van der Waals surface area (Å²) in [6.45, 7) is 4.59. The molecule has 0 spiro atoms. The third-order valence-electron chi connectivity index (χ3n) is 4.33. The van der Waals surface area contributed by atoms with Gasteiger partial charge in [-0.05, 0) is 43.7 Å². The molecule has 0 saturated carbocycles. The van der Waals surface area contributed by atoms with Crippen LogP contribution in [0.2, 0.25) is 0 Å². The number of carbonyl (C=O) groups is 1. The van der Waals surface area contributed by atoms with Crippen molar-refractivity contribution in [2.24, 2.45) is 0 Å². The Hall–Kier alpha value is -2.73. The number of hydrogen-bond acceptors (Lipinski definition) is 5. The van der Waals surface area contributed by atoms with Gasteiger partial charge in [-0.2, -0.15) is 0 Å². The molecule has 1 N–H and O–H groups in total. The van der Waals surface area contributed by atoms with Gasteiger partial charge in [-0.25, -0.2) is 0 Å². The number of benzene rings is 2. The van der Waals surface area contributed by atoms with E-state index in [2.05, 4.69) is 5.32 Å². The van der Waals surface area contributed by atoms with Crippen molar-refractivity contribution in [1.82, 2.24) is 0 Å². The smallest absolute Gasteiger partial charge is 0.234 e. The van der Waals surface area contributed by atoms with Crippen molar-refractivity contribution in [3.05, 3.63) is 48.0 Å². The predicted molar refractivity (Wildman–Crippen MR) is 105 cm³/mol. The van der Waals surface area contributed by atoms with E-state index < -0.39 is 5.41 Å². The summed E-state index contributed by atoms with van der Waals surface area (Å²) in [5, 5.41) is 2.95. The third-order valence-corrected chi connectivity index (χ3v) is 4.33. The molecule has 2 aromatic carbocycles. The molecule has 1 amide bonds. The maximum Gasteiger partial charge on any atom is 0.234 e. The van der Waals surface area contributed by atoms with E-state index >= 15 is 0 Å². The van der Waals surface area contributed by atoms with E-state index in [0.29, 0.717) is 36.1 Å². The summed E-state index contributed by atoms with van der Waals surface area (Å²) in [5.41, 5.74) is 0.750. The Labute approximate surface area is 160 Å². The van der Waals surface area contributed by atoms with E-state index in [1.165, 1.54) is 0 Å². The third kappa shape index (κ3) is 5.14. The van der Waals surface area contributed by atoms with E-state index in [1.807, 2.05) is 38.1 Å². The minimum atomic E-state index is -0.745. The Bertz CT molecular complexity index is 773. The normalized spacial score (nSPS) is 11.0. The number of nitrogens with one attached hydrogen (secondary N) is 1. The number of hydrogen-bond donors (Lipinski definition) is 1. The van der Waals surface area contributed by atoms with Gasteiger partial charge in [-0.3, -0.25) is 4.79 Å². The van der Waals surface area contributed by atoms with Gasteiger partial charge in [-0.15, -0.1) is 0 Å². The lowest BCUT2D eigenvalue weighted by Gasteiger charge is -2.25. The van der Waals surface area contributed by atoms with Crippen molar-refractivity contribution in [3.8, 4) is 17.2 Å². The first-order chi connectivity index (χ1) is 12.9. The summed E-state index contributed by atoms with van der Waals surface area (Å²) in [4.78, 5) is 12.9.